The summed E-state index contributed by atoms with van der Waals surface area (Å²) in [5, 5.41) is 3.59. The Kier molecular flexibility index (Phi) is 3.69. The molecule has 19 heavy (non-hydrogen) atoms. The molecule has 0 spiro atoms. The number of fused-ring (bicyclic) bond motifs is 1. The second-order valence-electron chi connectivity index (χ2n) is 6.02. The van der Waals surface area contributed by atoms with Crippen LogP contribution in [0.25, 0.3) is 0 Å². The van der Waals surface area contributed by atoms with Crippen LogP contribution in [0.15, 0.2) is 6.33 Å². The highest BCUT2D eigenvalue weighted by molar-refractivity contribution is 5.51. The molecule has 0 saturated carbocycles. The van der Waals surface area contributed by atoms with E-state index in [0.717, 1.165) is 19.4 Å². The van der Waals surface area contributed by atoms with Crippen LogP contribution < -0.4 is 10.2 Å². The van der Waals surface area contributed by atoms with Crippen molar-refractivity contribution in [3.63, 3.8) is 0 Å². The summed E-state index contributed by atoms with van der Waals surface area (Å²) in [5.41, 5.74) is 2.67. The summed E-state index contributed by atoms with van der Waals surface area (Å²) in [6.07, 6.45) is 7.84. The van der Waals surface area contributed by atoms with Gasteiger partial charge < -0.3 is 10.2 Å². The molecule has 1 aliphatic heterocycles. The maximum Gasteiger partial charge on any atom is 0.135 e. The highest BCUT2D eigenvalue weighted by Gasteiger charge is 2.25. The van der Waals surface area contributed by atoms with Crippen LogP contribution in [0.1, 0.15) is 44.4 Å². The average molecular weight is 260 g/mol. The standard InChI is InChI=1S/C15H24N4/c1-11(2)19(9-12-5-4-8-16-12)15-13-6-3-7-14(13)17-10-18-15/h10-12,16H,3-9H2,1-2H3. The molecule has 1 saturated heterocycles. The quantitative estimate of drug-likeness (QED) is 0.898. The molecule has 0 aromatic carbocycles. The van der Waals surface area contributed by atoms with Crippen LogP contribution in [0.2, 0.25) is 0 Å². The smallest absolute Gasteiger partial charge is 0.135 e. The van der Waals surface area contributed by atoms with Crippen molar-refractivity contribution in [2.45, 2.75) is 58.0 Å². The van der Waals surface area contributed by atoms with E-state index < -0.39 is 0 Å². The van der Waals surface area contributed by atoms with Crippen LogP contribution in [0, 0.1) is 0 Å². The minimum Gasteiger partial charge on any atom is -0.352 e. The molecule has 1 atom stereocenters. The van der Waals surface area contributed by atoms with Gasteiger partial charge in [-0.3, -0.25) is 0 Å². The lowest BCUT2D eigenvalue weighted by molar-refractivity contribution is 0.547. The van der Waals surface area contributed by atoms with Gasteiger partial charge in [0.2, 0.25) is 0 Å². The summed E-state index contributed by atoms with van der Waals surface area (Å²) < 4.78 is 0. The topological polar surface area (TPSA) is 41.0 Å². The zero-order valence-electron chi connectivity index (χ0n) is 12.0. The molecular weight excluding hydrogens is 236 g/mol. The first-order valence-electron chi connectivity index (χ1n) is 7.58. The minimum absolute atomic E-state index is 0.488. The maximum atomic E-state index is 4.60. The zero-order chi connectivity index (χ0) is 13.2. The van der Waals surface area contributed by atoms with Crippen molar-refractivity contribution in [2.75, 3.05) is 18.0 Å². The van der Waals surface area contributed by atoms with Gasteiger partial charge in [-0.15, -0.1) is 0 Å². The van der Waals surface area contributed by atoms with Crippen LogP contribution in [0.5, 0.6) is 0 Å². The van der Waals surface area contributed by atoms with Gasteiger partial charge in [0, 0.05) is 29.9 Å². The Morgan fingerprint density at radius 1 is 1.32 bits per heavy atom. The lowest BCUT2D eigenvalue weighted by Crippen LogP contribution is -2.42. The van der Waals surface area contributed by atoms with Crippen molar-refractivity contribution in [1.82, 2.24) is 15.3 Å². The predicted octanol–water partition coefficient (Wildman–Crippen LogP) is 1.93. The van der Waals surface area contributed by atoms with Crippen LogP contribution in [-0.2, 0) is 12.8 Å². The minimum atomic E-state index is 0.488. The number of hydrogen-bond donors (Lipinski definition) is 1. The van der Waals surface area contributed by atoms with Gasteiger partial charge in [-0.25, -0.2) is 9.97 Å². The fraction of sp³-hybridized carbons (Fsp3) is 0.733. The van der Waals surface area contributed by atoms with Crippen molar-refractivity contribution >= 4 is 5.82 Å². The van der Waals surface area contributed by atoms with Crippen LogP contribution in [0.3, 0.4) is 0 Å². The summed E-state index contributed by atoms with van der Waals surface area (Å²) in [6.45, 7) is 6.76. The molecule has 1 aromatic heterocycles. The summed E-state index contributed by atoms with van der Waals surface area (Å²) in [5.74, 6) is 1.19. The fourth-order valence-corrected chi connectivity index (χ4v) is 3.28. The van der Waals surface area contributed by atoms with E-state index in [4.69, 9.17) is 0 Å². The lowest BCUT2D eigenvalue weighted by Gasteiger charge is -2.32. The number of nitrogens with one attached hydrogen (secondary N) is 1. The molecule has 0 radical (unpaired) electrons. The molecule has 3 rings (SSSR count). The number of anilines is 1. The highest BCUT2D eigenvalue weighted by Crippen LogP contribution is 2.29. The molecule has 1 fully saturated rings. The normalized spacial score (nSPS) is 21.9. The second-order valence-corrected chi connectivity index (χ2v) is 6.02. The Morgan fingerprint density at radius 2 is 2.21 bits per heavy atom. The van der Waals surface area contributed by atoms with Gasteiger partial charge in [0.1, 0.15) is 12.1 Å². The van der Waals surface area contributed by atoms with E-state index in [1.807, 2.05) is 0 Å². The maximum absolute atomic E-state index is 4.60. The number of aryl methyl sites for hydroxylation is 1. The Bertz CT molecular complexity index is 438. The Morgan fingerprint density at radius 3 is 2.95 bits per heavy atom. The van der Waals surface area contributed by atoms with E-state index in [2.05, 4.69) is 34.0 Å². The van der Waals surface area contributed by atoms with Gasteiger partial charge in [-0.1, -0.05) is 0 Å². The first kappa shape index (κ1) is 12.9. The number of hydrogen-bond acceptors (Lipinski definition) is 4. The molecule has 104 valence electrons. The van der Waals surface area contributed by atoms with E-state index in [9.17, 15) is 0 Å². The van der Waals surface area contributed by atoms with Gasteiger partial charge in [0.15, 0.2) is 0 Å². The van der Waals surface area contributed by atoms with Gasteiger partial charge >= 0.3 is 0 Å². The molecule has 1 unspecified atom stereocenters. The monoisotopic (exact) mass is 260 g/mol. The summed E-state index contributed by atoms with van der Waals surface area (Å²) in [7, 11) is 0. The van der Waals surface area contributed by atoms with Crippen LogP contribution in [-0.4, -0.2) is 35.1 Å². The fourth-order valence-electron chi connectivity index (χ4n) is 3.28. The van der Waals surface area contributed by atoms with Gasteiger partial charge in [0.25, 0.3) is 0 Å². The van der Waals surface area contributed by atoms with Crippen LogP contribution in [0.4, 0.5) is 5.82 Å². The van der Waals surface area contributed by atoms with E-state index in [1.165, 1.54) is 42.9 Å². The predicted molar refractivity (Wildman–Crippen MR) is 77.6 cm³/mol. The molecule has 4 nitrogen and oxygen atoms in total. The molecule has 2 aliphatic rings. The average Bonchev–Trinajstić information content (AvgIpc) is 3.06. The Hall–Kier alpha value is -1.16. The van der Waals surface area contributed by atoms with Crippen molar-refractivity contribution in [3.05, 3.63) is 17.6 Å². The first-order valence-corrected chi connectivity index (χ1v) is 7.58. The number of nitrogens with zero attached hydrogens (tertiary/aromatic N) is 3. The van der Waals surface area contributed by atoms with Crippen molar-refractivity contribution in [3.8, 4) is 0 Å². The van der Waals surface area contributed by atoms with E-state index in [1.54, 1.807) is 6.33 Å². The van der Waals surface area contributed by atoms with E-state index >= 15 is 0 Å². The van der Waals surface area contributed by atoms with E-state index in [-0.39, 0.29) is 0 Å². The van der Waals surface area contributed by atoms with Gasteiger partial charge in [-0.05, 0) is 52.5 Å². The summed E-state index contributed by atoms with van der Waals surface area (Å²) >= 11 is 0. The molecule has 1 aromatic rings. The third-order valence-corrected chi connectivity index (χ3v) is 4.33. The number of rotatable bonds is 4. The van der Waals surface area contributed by atoms with Crippen molar-refractivity contribution in [1.29, 1.82) is 0 Å². The highest BCUT2D eigenvalue weighted by atomic mass is 15.2. The van der Waals surface area contributed by atoms with E-state index in [0.29, 0.717) is 12.1 Å². The van der Waals surface area contributed by atoms with Crippen LogP contribution >= 0.6 is 0 Å². The lowest BCUT2D eigenvalue weighted by atomic mass is 10.1. The first-order chi connectivity index (χ1) is 9.25. The summed E-state index contributed by atoms with van der Waals surface area (Å²) in [4.78, 5) is 11.5. The van der Waals surface area contributed by atoms with Gasteiger partial charge in [0.05, 0.1) is 0 Å². The third kappa shape index (κ3) is 2.59. The third-order valence-electron chi connectivity index (χ3n) is 4.33. The molecule has 0 amide bonds. The second kappa shape index (κ2) is 5.45. The zero-order valence-corrected chi connectivity index (χ0v) is 12.0. The SMILES string of the molecule is CC(C)N(CC1CCCN1)c1ncnc2c1CCC2. The van der Waals surface area contributed by atoms with Crippen molar-refractivity contribution in [2.24, 2.45) is 0 Å². The van der Waals surface area contributed by atoms with Gasteiger partial charge in [-0.2, -0.15) is 0 Å². The Balaban J connectivity index is 1.85. The number of aromatic nitrogens is 2. The molecule has 4 heteroatoms. The van der Waals surface area contributed by atoms with Crippen molar-refractivity contribution < 1.29 is 0 Å². The Labute approximate surface area is 115 Å². The molecular formula is C15H24N4. The molecule has 1 aliphatic carbocycles. The molecule has 1 N–H and O–H groups in total. The molecule has 2 heterocycles. The summed E-state index contributed by atoms with van der Waals surface area (Å²) in [6, 6.07) is 1.11. The largest absolute Gasteiger partial charge is 0.352 e. The molecule has 0 bridgehead atoms.